The van der Waals surface area contributed by atoms with Gasteiger partial charge in [0, 0.05) is 25.1 Å². The number of carbonyl (C=O) groups is 2. The van der Waals surface area contributed by atoms with Crippen molar-refractivity contribution >= 4 is 11.9 Å². The van der Waals surface area contributed by atoms with E-state index in [4.69, 9.17) is 4.74 Å². The molecule has 1 aromatic rings. The van der Waals surface area contributed by atoms with Crippen LogP contribution in [0.4, 0.5) is 0 Å². The summed E-state index contributed by atoms with van der Waals surface area (Å²) in [4.78, 5) is 25.7. The maximum Gasteiger partial charge on any atom is 0.310 e. The number of nitrogens with zero attached hydrogens (tertiary/aromatic N) is 1. The normalized spacial score (nSPS) is 19.0. The quantitative estimate of drug-likeness (QED) is 0.926. The zero-order valence-corrected chi connectivity index (χ0v) is 12.8. The molecule has 0 spiro atoms. The summed E-state index contributed by atoms with van der Waals surface area (Å²) in [6.45, 7) is 1.17. The minimum absolute atomic E-state index is 0.0458. The van der Waals surface area contributed by atoms with Crippen LogP contribution in [0.15, 0.2) is 18.2 Å². The molecular formula is C17H21NO4. The minimum atomic E-state index is -0.828. The number of ether oxygens (including phenoxy) is 1. The van der Waals surface area contributed by atoms with Crippen LogP contribution in [0.25, 0.3) is 0 Å². The Balaban J connectivity index is 1.72. The second-order valence-corrected chi connectivity index (χ2v) is 6.28. The Morgan fingerprint density at radius 1 is 1.36 bits per heavy atom. The number of carboxylic acid groups (broad SMARTS) is 1. The van der Waals surface area contributed by atoms with Gasteiger partial charge in [-0.3, -0.25) is 9.59 Å². The van der Waals surface area contributed by atoms with Gasteiger partial charge in [-0.25, -0.2) is 0 Å². The summed E-state index contributed by atoms with van der Waals surface area (Å²) >= 11 is 0. The van der Waals surface area contributed by atoms with Gasteiger partial charge in [0.15, 0.2) is 0 Å². The topological polar surface area (TPSA) is 66.8 Å². The fourth-order valence-corrected chi connectivity index (χ4v) is 3.45. The van der Waals surface area contributed by atoms with Crippen LogP contribution in [0.5, 0.6) is 5.75 Å². The van der Waals surface area contributed by atoms with Crippen molar-refractivity contribution in [1.82, 2.24) is 4.90 Å². The molecule has 0 aromatic heterocycles. The molecule has 0 unspecified atom stereocenters. The first-order valence-corrected chi connectivity index (χ1v) is 7.72. The summed E-state index contributed by atoms with van der Waals surface area (Å²) in [6, 6.07) is 5.87. The van der Waals surface area contributed by atoms with E-state index in [1.807, 2.05) is 18.2 Å². The number of amides is 1. The Hall–Kier alpha value is -2.04. The number of hydrogen-bond donors (Lipinski definition) is 1. The highest BCUT2D eigenvalue weighted by Crippen LogP contribution is 2.44. The largest absolute Gasteiger partial charge is 0.496 e. The Morgan fingerprint density at radius 3 is 2.73 bits per heavy atom. The molecule has 1 fully saturated rings. The molecule has 118 valence electrons. The lowest BCUT2D eigenvalue weighted by atomic mass is 9.66. The second kappa shape index (κ2) is 5.63. The van der Waals surface area contributed by atoms with Crippen LogP contribution >= 0.6 is 0 Å². The molecule has 5 nitrogen and oxygen atoms in total. The smallest absolute Gasteiger partial charge is 0.310 e. The summed E-state index contributed by atoms with van der Waals surface area (Å²) < 4.78 is 5.37. The molecule has 1 heterocycles. The molecule has 1 aliphatic heterocycles. The Morgan fingerprint density at radius 2 is 2.14 bits per heavy atom. The summed E-state index contributed by atoms with van der Waals surface area (Å²) in [5.74, 6) is -0.00709. The number of aliphatic carboxylic acids is 1. The van der Waals surface area contributed by atoms with Crippen LogP contribution in [0.2, 0.25) is 0 Å². The molecule has 1 aromatic carbocycles. The van der Waals surface area contributed by atoms with E-state index >= 15 is 0 Å². The van der Waals surface area contributed by atoms with Crippen molar-refractivity contribution in [3.8, 4) is 5.75 Å². The van der Waals surface area contributed by atoms with E-state index in [2.05, 4.69) is 0 Å². The monoisotopic (exact) mass is 303 g/mol. The minimum Gasteiger partial charge on any atom is -0.496 e. The van der Waals surface area contributed by atoms with Gasteiger partial charge in [-0.2, -0.15) is 0 Å². The van der Waals surface area contributed by atoms with E-state index in [1.165, 1.54) is 0 Å². The average molecular weight is 303 g/mol. The summed E-state index contributed by atoms with van der Waals surface area (Å²) in [7, 11) is 1.65. The molecule has 0 radical (unpaired) electrons. The molecule has 1 N–H and O–H groups in total. The predicted molar refractivity (Wildman–Crippen MR) is 80.7 cm³/mol. The highest BCUT2D eigenvalue weighted by atomic mass is 16.5. The van der Waals surface area contributed by atoms with Gasteiger partial charge in [0.1, 0.15) is 5.75 Å². The number of methoxy groups -OCH3 is 1. The van der Waals surface area contributed by atoms with E-state index in [9.17, 15) is 14.7 Å². The molecule has 1 amide bonds. The van der Waals surface area contributed by atoms with Crippen LogP contribution in [-0.4, -0.2) is 35.5 Å². The van der Waals surface area contributed by atoms with Gasteiger partial charge >= 0.3 is 5.97 Å². The second-order valence-electron chi connectivity index (χ2n) is 6.28. The van der Waals surface area contributed by atoms with Gasteiger partial charge in [0.05, 0.1) is 12.5 Å². The van der Waals surface area contributed by atoms with Crippen LogP contribution in [0.1, 0.15) is 36.8 Å². The maximum absolute atomic E-state index is 12.5. The third-order valence-electron chi connectivity index (χ3n) is 5.05. The van der Waals surface area contributed by atoms with Crippen molar-refractivity contribution < 1.29 is 19.4 Å². The Kier molecular flexibility index (Phi) is 3.81. The number of rotatable bonds is 4. The first kappa shape index (κ1) is 14.9. The third-order valence-corrected chi connectivity index (χ3v) is 5.05. The van der Waals surface area contributed by atoms with E-state index in [-0.39, 0.29) is 12.3 Å². The molecule has 2 aliphatic rings. The van der Waals surface area contributed by atoms with Crippen LogP contribution < -0.4 is 4.74 Å². The molecule has 0 saturated heterocycles. The van der Waals surface area contributed by atoms with Crippen LogP contribution in [0.3, 0.4) is 0 Å². The molecule has 3 rings (SSSR count). The van der Waals surface area contributed by atoms with Crippen molar-refractivity contribution in [1.29, 1.82) is 0 Å². The van der Waals surface area contributed by atoms with E-state index in [1.54, 1.807) is 12.0 Å². The highest BCUT2D eigenvalue weighted by Gasteiger charge is 2.46. The van der Waals surface area contributed by atoms with Crippen molar-refractivity contribution in [2.45, 2.75) is 38.6 Å². The van der Waals surface area contributed by atoms with Crippen molar-refractivity contribution in [2.75, 3.05) is 13.7 Å². The summed E-state index contributed by atoms with van der Waals surface area (Å²) in [5.41, 5.74) is 1.44. The fourth-order valence-electron chi connectivity index (χ4n) is 3.45. The first-order chi connectivity index (χ1) is 10.6. The average Bonchev–Trinajstić information content (AvgIpc) is 2.49. The number of carbonyl (C=O) groups excluding carboxylic acids is 1. The maximum atomic E-state index is 12.5. The highest BCUT2D eigenvalue weighted by molar-refractivity contribution is 5.85. The van der Waals surface area contributed by atoms with Crippen LogP contribution in [0, 0.1) is 5.41 Å². The molecule has 0 bridgehead atoms. The SMILES string of the molecule is COc1cccc2c1CCN(C(=O)CC1(C(=O)O)CCC1)C2. The van der Waals surface area contributed by atoms with Crippen LogP contribution in [-0.2, 0) is 22.6 Å². The van der Waals surface area contributed by atoms with Crippen molar-refractivity contribution in [3.05, 3.63) is 29.3 Å². The Labute approximate surface area is 129 Å². The molecule has 22 heavy (non-hydrogen) atoms. The van der Waals surface area contributed by atoms with Gasteiger partial charge in [-0.05, 0) is 30.9 Å². The summed E-state index contributed by atoms with van der Waals surface area (Å²) in [6.07, 6.45) is 3.02. The third kappa shape index (κ3) is 2.45. The van der Waals surface area contributed by atoms with E-state index < -0.39 is 11.4 Å². The number of benzene rings is 1. The lowest BCUT2D eigenvalue weighted by molar-refractivity contribution is -0.159. The fraction of sp³-hybridized carbons (Fsp3) is 0.529. The summed E-state index contributed by atoms with van der Waals surface area (Å²) in [5, 5.41) is 9.37. The zero-order chi connectivity index (χ0) is 15.7. The number of hydrogen-bond acceptors (Lipinski definition) is 3. The molecule has 0 atom stereocenters. The van der Waals surface area contributed by atoms with Crippen molar-refractivity contribution in [3.63, 3.8) is 0 Å². The Bertz CT molecular complexity index is 607. The number of carboxylic acids is 1. The van der Waals surface area contributed by atoms with E-state index in [0.29, 0.717) is 25.9 Å². The molecular weight excluding hydrogens is 282 g/mol. The lowest BCUT2D eigenvalue weighted by Crippen LogP contribution is -2.45. The van der Waals surface area contributed by atoms with Gasteiger partial charge in [-0.15, -0.1) is 0 Å². The first-order valence-electron chi connectivity index (χ1n) is 7.72. The van der Waals surface area contributed by atoms with Crippen molar-refractivity contribution in [2.24, 2.45) is 5.41 Å². The standard InChI is InChI=1S/C17H21NO4/c1-22-14-5-2-4-12-11-18(9-6-13(12)14)15(19)10-17(16(20)21)7-3-8-17/h2,4-5H,3,6-11H2,1H3,(H,20,21). The molecule has 5 heteroatoms. The van der Waals surface area contributed by atoms with Gasteiger partial charge in [0.25, 0.3) is 0 Å². The molecule has 1 aliphatic carbocycles. The number of fused-ring (bicyclic) bond motifs is 1. The van der Waals surface area contributed by atoms with Gasteiger partial charge < -0.3 is 14.7 Å². The molecule has 1 saturated carbocycles. The predicted octanol–water partition coefficient (Wildman–Crippen LogP) is 2.22. The van der Waals surface area contributed by atoms with Gasteiger partial charge in [0.2, 0.25) is 5.91 Å². The lowest BCUT2D eigenvalue weighted by Gasteiger charge is -2.39. The van der Waals surface area contributed by atoms with Gasteiger partial charge in [-0.1, -0.05) is 18.6 Å². The van der Waals surface area contributed by atoms with E-state index in [0.717, 1.165) is 29.7 Å². The zero-order valence-electron chi connectivity index (χ0n) is 12.8.